The topological polar surface area (TPSA) is 60.0 Å². The monoisotopic (exact) mass is 460 g/mol. The molecule has 0 aromatic heterocycles. The van der Waals surface area contributed by atoms with E-state index in [1.807, 2.05) is 0 Å². The Hall–Kier alpha value is -3.51. The van der Waals surface area contributed by atoms with Gasteiger partial charge in [-0.25, -0.2) is 0 Å². The SMILES string of the molecule is COc1ccc(C(=O)NC[C@H]2c3cc(OC)c(OC)cc3CCN2Cc2ccc(C)cc2)cc1. The van der Waals surface area contributed by atoms with E-state index < -0.39 is 0 Å². The molecule has 0 fully saturated rings. The van der Waals surface area contributed by atoms with E-state index in [1.54, 1.807) is 45.6 Å². The van der Waals surface area contributed by atoms with Gasteiger partial charge in [-0.2, -0.15) is 0 Å². The highest BCUT2D eigenvalue weighted by Gasteiger charge is 2.29. The van der Waals surface area contributed by atoms with Gasteiger partial charge in [0.2, 0.25) is 0 Å². The lowest BCUT2D eigenvalue weighted by atomic mass is 9.91. The first-order valence-corrected chi connectivity index (χ1v) is 11.5. The summed E-state index contributed by atoms with van der Waals surface area (Å²) in [7, 11) is 4.92. The summed E-state index contributed by atoms with van der Waals surface area (Å²) in [5.41, 5.74) is 5.48. The second-order valence-electron chi connectivity index (χ2n) is 8.57. The number of amides is 1. The summed E-state index contributed by atoms with van der Waals surface area (Å²) in [5, 5.41) is 3.14. The summed E-state index contributed by atoms with van der Waals surface area (Å²) in [6, 6.07) is 19.9. The van der Waals surface area contributed by atoms with Gasteiger partial charge in [-0.1, -0.05) is 29.8 Å². The lowest BCUT2D eigenvalue weighted by Gasteiger charge is -2.38. The lowest BCUT2D eigenvalue weighted by molar-refractivity contribution is 0.0925. The first kappa shape index (κ1) is 23.6. The predicted octanol–water partition coefficient (Wildman–Crippen LogP) is 4.55. The molecule has 3 aromatic rings. The molecular weight excluding hydrogens is 428 g/mol. The van der Waals surface area contributed by atoms with E-state index in [4.69, 9.17) is 14.2 Å². The molecule has 6 heteroatoms. The highest BCUT2D eigenvalue weighted by Crippen LogP contribution is 2.38. The zero-order valence-corrected chi connectivity index (χ0v) is 20.3. The van der Waals surface area contributed by atoms with Crippen LogP contribution in [-0.4, -0.2) is 45.2 Å². The summed E-state index contributed by atoms with van der Waals surface area (Å²) in [5.74, 6) is 2.05. The van der Waals surface area contributed by atoms with E-state index in [1.165, 1.54) is 16.7 Å². The van der Waals surface area contributed by atoms with E-state index in [0.29, 0.717) is 17.9 Å². The number of fused-ring (bicyclic) bond motifs is 1. The van der Waals surface area contributed by atoms with Gasteiger partial charge in [0.25, 0.3) is 5.91 Å². The van der Waals surface area contributed by atoms with Crippen LogP contribution >= 0.6 is 0 Å². The maximum atomic E-state index is 12.9. The van der Waals surface area contributed by atoms with Crippen LogP contribution in [0, 0.1) is 6.92 Å². The number of ether oxygens (including phenoxy) is 3. The van der Waals surface area contributed by atoms with Crippen LogP contribution in [0.5, 0.6) is 17.2 Å². The van der Waals surface area contributed by atoms with Crippen molar-refractivity contribution < 1.29 is 19.0 Å². The van der Waals surface area contributed by atoms with Gasteiger partial charge < -0.3 is 19.5 Å². The molecule has 0 saturated carbocycles. The lowest BCUT2D eigenvalue weighted by Crippen LogP contribution is -2.41. The molecule has 0 saturated heterocycles. The van der Waals surface area contributed by atoms with Crippen molar-refractivity contribution in [3.63, 3.8) is 0 Å². The summed E-state index contributed by atoms with van der Waals surface area (Å²) in [6.45, 7) is 4.27. The van der Waals surface area contributed by atoms with E-state index in [9.17, 15) is 4.79 Å². The Kier molecular flexibility index (Phi) is 7.38. The molecule has 4 rings (SSSR count). The van der Waals surface area contributed by atoms with Gasteiger partial charge in [-0.15, -0.1) is 0 Å². The van der Waals surface area contributed by atoms with Gasteiger partial charge >= 0.3 is 0 Å². The second kappa shape index (κ2) is 10.6. The molecule has 0 spiro atoms. The summed E-state index contributed by atoms with van der Waals surface area (Å²) >= 11 is 0. The molecule has 1 atom stereocenters. The molecule has 0 aliphatic carbocycles. The fraction of sp³-hybridized carbons (Fsp3) is 0.321. The zero-order valence-electron chi connectivity index (χ0n) is 20.3. The first-order chi connectivity index (χ1) is 16.5. The Labute approximate surface area is 201 Å². The first-order valence-electron chi connectivity index (χ1n) is 11.5. The fourth-order valence-corrected chi connectivity index (χ4v) is 4.47. The molecule has 0 bridgehead atoms. The minimum Gasteiger partial charge on any atom is -0.497 e. The molecular formula is C28H32N2O4. The number of benzene rings is 3. The van der Waals surface area contributed by atoms with Crippen LogP contribution in [0.1, 0.15) is 38.7 Å². The van der Waals surface area contributed by atoms with Crippen LogP contribution in [0.4, 0.5) is 0 Å². The molecule has 3 aromatic carbocycles. The van der Waals surface area contributed by atoms with Crippen molar-refractivity contribution in [3.05, 3.63) is 88.5 Å². The average molecular weight is 461 g/mol. The van der Waals surface area contributed by atoms with Gasteiger partial charge in [0, 0.05) is 25.2 Å². The van der Waals surface area contributed by atoms with Crippen molar-refractivity contribution in [2.75, 3.05) is 34.4 Å². The number of aryl methyl sites for hydroxylation is 1. The standard InChI is InChI=1S/C28H32N2O4/c1-19-5-7-20(8-6-19)18-30-14-13-22-15-26(33-3)27(34-4)16-24(22)25(30)17-29-28(31)21-9-11-23(32-2)12-10-21/h5-12,15-16,25H,13-14,17-18H2,1-4H3,(H,29,31)/t25-/m0/s1. The largest absolute Gasteiger partial charge is 0.497 e. The van der Waals surface area contributed by atoms with Crippen LogP contribution in [-0.2, 0) is 13.0 Å². The summed E-state index contributed by atoms with van der Waals surface area (Å²) < 4.78 is 16.3. The van der Waals surface area contributed by atoms with Crippen molar-refractivity contribution >= 4 is 5.91 Å². The molecule has 0 radical (unpaired) electrons. The normalized spacial score (nSPS) is 15.4. The Morgan fingerprint density at radius 1 is 0.941 bits per heavy atom. The average Bonchev–Trinajstić information content (AvgIpc) is 2.88. The fourth-order valence-electron chi connectivity index (χ4n) is 4.47. The molecule has 34 heavy (non-hydrogen) atoms. The van der Waals surface area contributed by atoms with E-state index in [-0.39, 0.29) is 11.9 Å². The molecule has 178 valence electrons. The van der Waals surface area contributed by atoms with E-state index >= 15 is 0 Å². The van der Waals surface area contributed by atoms with Crippen LogP contribution < -0.4 is 19.5 Å². The Morgan fingerprint density at radius 3 is 2.26 bits per heavy atom. The minimum absolute atomic E-state index is 0.00653. The summed E-state index contributed by atoms with van der Waals surface area (Å²) in [6.07, 6.45) is 0.907. The highest BCUT2D eigenvalue weighted by molar-refractivity contribution is 5.94. The summed E-state index contributed by atoms with van der Waals surface area (Å²) in [4.78, 5) is 15.3. The van der Waals surface area contributed by atoms with Crippen LogP contribution in [0.15, 0.2) is 60.7 Å². The molecule has 1 heterocycles. The zero-order chi connectivity index (χ0) is 24.1. The molecule has 1 N–H and O–H groups in total. The minimum atomic E-state index is -0.106. The second-order valence-corrected chi connectivity index (χ2v) is 8.57. The van der Waals surface area contributed by atoms with Crippen molar-refractivity contribution in [1.82, 2.24) is 10.2 Å². The van der Waals surface area contributed by atoms with E-state index in [0.717, 1.165) is 36.6 Å². The van der Waals surface area contributed by atoms with Crippen molar-refractivity contribution in [2.45, 2.75) is 25.9 Å². The van der Waals surface area contributed by atoms with Crippen molar-refractivity contribution in [1.29, 1.82) is 0 Å². The predicted molar refractivity (Wildman–Crippen MR) is 133 cm³/mol. The number of rotatable bonds is 8. The highest BCUT2D eigenvalue weighted by atomic mass is 16.5. The molecule has 1 aliphatic rings. The maximum absolute atomic E-state index is 12.9. The van der Waals surface area contributed by atoms with E-state index in [2.05, 4.69) is 53.5 Å². The quantitative estimate of drug-likeness (QED) is 0.534. The molecule has 1 amide bonds. The number of nitrogens with zero attached hydrogens (tertiary/aromatic N) is 1. The Bertz CT molecular complexity index is 1130. The molecule has 6 nitrogen and oxygen atoms in total. The Morgan fingerprint density at radius 2 is 1.62 bits per heavy atom. The van der Waals surface area contributed by atoms with Gasteiger partial charge in [0.1, 0.15) is 5.75 Å². The van der Waals surface area contributed by atoms with Crippen LogP contribution in [0.2, 0.25) is 0 Å². The number of carbonyl (C=O) groups is 1. The number of hydrogen-bond donors (Lipinski definition) is 1. The third-order valence-corrected chi connectivity index (χ3v) is 6.43. The van der Waals surface area contributed by atoms with Crippen molar-refractivity contribution in [2.24, 2.45) is 0 Å². The number of hydrogen-bond acceptors (Lipinski definition) is 5. The van der Waals surface area contributed by atoms with Gasteiger partial charge in [0.15, 0.2) is 11.5 Å². The van der Waals surface area contributed by atoms with Crippen molar-refractivity contribution in [3.8, 4) is 17.2 Å². The smallest absolute Gasteiger partial charge is 0.251 e. The number of carbonyl (C=O) groups excluding carboxylic acids is 1. The number of nitrogens with one attached hydrogen (secondary N) is 1. The number of methoxy groups -OCH3 is 3. The Balaban J connectivity index is 1.60. The molecule has 1 aliphatic heterocycles. The third-order valence-electron chi connectivity index (χ3n) is 6.43. The third kappa shape index (κ3) is 5.18. The van der Waals surface area contributed by atoms with Gasteiger partial charge in [-0.05, 0) is 66.4 Å². The maximum Gasteiger partial charge on any atom is 0.251 e. The van der Waals surface area contributed by atoms with Gasteiger partial charge in [0.05, 0.1) is 27.4 Å². The molecule has 0 unspecified atom stereocenters. The van der Waals surface area contributed by atoms with Crippen LogP contribution in [0.25, 0.3) is 0 Å². The van der Waals surface area contributed by atoms with Gasteiger partial charge in [-0.3, -0.25) is 9.69 Å². The van der Waals surface area contributed by atoms with Crippen LogP contribution in [0.3, 0.4) is 0 Å².